The summed E-state index contributed by atoms with van der Waals surface area (Å²) in [6.07, 6.45) is 2.54. The summed E-state index contributed by atoms with van der Waals surface area (Å²) in [6, 6.07) is 6.09. The van der Waals surface area contributed by atoms with E-state index >= 15 is 0 Å². The largest absolute Gasteiger partial charge is 0.357 e. The van der Waals surface area contributed by atoms with Gasteiger partial charge in [0.05, 0.1) is 11.6 Å². The van der Waals surface area contributed by atoms with Gasteiger partial charge < -0.3 is 4.90 Å². The number of piperidine rings is 1. The smallest absolute Gasteiger partial charge is 0.128 e. The fourth-order valence-corrected chi connectivity index (χ4v) is 2.10. The molecule has 1 aromatic heterocycles. The number of pyridine rings is 1. The molecule has 82 valence electrons. The van der Waals surface area contributed by atoms with Crippen LogP contribution in [0.25, 0.3) is 0 Å². The van der Waals surface area contributed by atoms with E-state index in [1.807, 2.05) is 12.1 Å². The first kappa shape index (κ1) is 10.7. The zero-order valence-electron chi connectivity index (χ0n) is 9.12. The monoisotopic (exact) mass is 224 g/mol. The van der Waals surface area contributed by atoms with Crippen molar-refractivity contribution in [3.8, 4) is 0 Å². The van der Waals surface area contributed by atoms with Gasteiger partial charge in [0.1, 0.15) is 5.82 Å². The first-order valence-electron chi connectivity index (χ1n) is 5.56. The lowest BCUT2D eigenvalue weighted by Crippen LogP contribution is -2.33. The molecule has 0 bridgehead atoms. The maximum absolute atomic E-state index is 5.78. The van der Waals surface area contributed by atoms with E-state index in [2.05, 4.69) is 22.9 Å². The second kappa shape index (κ2) is 4.84. The Labute approximate surface area is 96.3 Å². The highest BCUT2D eigenvalue weighted by Crippen LogP contribution is 2.21. The van der Waals surface area contributed by atoms with Crippen molar-refractivity contribution in [2.45, 2.75) is 25.6 Å². The Morgan fingerprint density at radius 2 is 2.13 bits per heavy atom. The Bertz CT molecular complexity index is 319. The highest BCUT2D eigenvalue weighted by atomic mass is 35.5. The van der Waals surface area contributed by atoms with E-state index in [0.717, 1.165) is 30.5 Å². The van der Waals surface area contributed by atoms with Gasteiger partial charge in [-0.2, -0.15) is 0 Å². The van der Waals surface area contributed by atoms with Gasteiger partial charge in [-0.15, -0.1) is 11.6 Å². The van der Waals surface area contributed by atoms with Gasteiger partial charge in [0.2, 0.25) is 0 Å². The predicted octanol–water partition coefficient (Wildman–Crippen LogP) is 3.06. The van der Waals surface area contributed by atoms with Crippen LogP contribution in [0.5, 0.6) is 0 Å². The van der Waals surface area contributed by atoms with Crippen molar-refractivity contribution in [2.24, 2.45) is 5.92 Å². The fourth-order valence-electron chi connectivity index (χ4n) is 1.96. The van der Waals surface area contributed by atoms with Gasteiger partial charge in [-0.1, -0.05) is 13.0 Å². The van der Waals surface area contributed by atoms with E-state index in [0.29, 0.717) is 5.88 Å². The summed E-state index contributed by atoms with van der Waals surface area (Å²) in [5.74, 6) is 2.44. The Kier molecular flexibility index (Phi) is 3.47. The maximum Gasteiger partial charge on any atom is 0.128 e. The number of rotatable bonds is 2. The summed E-state index contributed by atoms with van der Waals surface area (Å²) >= 11 is 5.78. The molecule has 1 aromatic rings. The molecule has 0 unspecified atom stereocenters. The molecule has 1 aliphatic rings. The number of nitrogens with zero attached hydrogens (tertiary/aromatic N) is 2. The quantitative estimate of drug-likeness (QED) is 0.718. The lowest BCUT2D eigenvalue weighted by atomic mass is 9.99. The molecule has 3 heteroatoms. The van der Waals surface area contributed by atoms with Crippen molar-refractivity contribution in [1.82, 2.24) is 4.98 Å². The van der Waals surface area contributed by atoms with Gasteiger partial charge in [0.15, 0.2) is 0 Å². The van der Waals surface area contributed by atoms with E-state index in [9.17, 15) is 0 Å². The molecule has 0 aromatic carbocycles. The topological polar surface area (TPSA) is 16.1 Å². The number of halogens is 1. The van der Waals surface area contributed by atoms with Crippen LogP contribution < -0.4 is 4.90 Å². The minimum atomic E-state index is 0.498. The summed E-state index contributed by atoms with van der Waals surface area (Å²) in [5.41, 5.74) is 0.966. The number of hydrogen-bond donors (Lipinski definition) is 0. The molecule has 2 heterocycles. The summed E-state index contributed by atoms with van der Waals surface area (Å²) in [6.45, 7) is 4.57. The van der Waals surface area contributed by atoms with Crippen LogP contribution in [0.3, 0.4) is 0 Å². The van der Waals surface area contributed by atoms with Gasteiger partial charge in [0, 0.05) is 13.1 Å². The van der Waals surface area contributed by atoms with Crippen LogP contribution in [0.4, 0.5) is 5.82 Å². The average molecular weight is 225 g/mol. The molecular formula is C12H17ClN2. The van der Waals surface area contributed by atoms with Gasteiger partial charge in [-0.25, -0.2) is 4.98 Å². The SMILES string of the molecule is CC1CCN(c2cccc(CCl)n2)CC1. The van der Waals surface area contributed by atoms with Crippen molar-refractivity contribution in [1.29, 1.82) is 0 Å². The van der Waals surface area contributed by atoms with Crippen LogP contribution in [0.15, 0.2) is 18.2 Å². The summed E-state index contributed by atoms with van der Waals surface area (Å²) in [4.78, 5) is 6.89. The van der Waals surface area contributed by atoms with Crippen molar-refractivity contribution >= 4 is 17.4 Å². The van der Waals surface area contributed by atoms with E-state index in [1.165, 1.54) is 12.8 Å². The Morgan fingerprint density at radius 3 is 2.80 bits per heavy atom. The highest BCUT2D eigenvalue weighted by molar-refractivity contribution is 6.16. The molecule has 2 nitrogen and oxygen atoms in total. The molecule has 2 rings (SSSR count). The molecule has 1 fully saturated rings. The minimum Gasteiger partial charge on any atom is -0.357 e. The summed E-state index contributed by atoms with van der Waals surface area (Å²) < 4.78 is 0. The number of aromatic nitrogens is 1. The van der Waals surface area contributed by atoms with Crippen LogP contribution >= 0.6 is 11.6 Å². The number of hydrogen-bond acceptors (Lipinski definition) is 2. The molecule has 15 heavy (non-hydrogen) atoms. The summed E-state index contributed by atoms with van der Waals surface area (Å²) in [7, 11) is 0. The maximum atomic E-state index is 5.78. The third kappa shape index (κ3) is 2.63. The third-order valence-corrected chi connectivity index (χ3v) is 3.31. The molecule has 1 saturated heterocycles. The predicted molar refractivity (Wildman–Crippen MR) is 64.4 cm³/mol. The van der Waals surface area contributed by atoms with Crippen LogP contribution in [-0.4, -0.2) is 18.1 Å². The highest BCUT2D eigenvalue weighted by Gasteiger charge is 2.16. The zero-order chi connectivity index (χ0) is 10.7. The molecule has 0 spiro atoms. The number of anilines is 1. The van der Waals surface area contributed by atoms with Crippen molar-refractivity contribution in [3.63, 3.8) is 0 Å². The standard InChI is InChI=1S/C12H17ClN2/c1-10-5-7-15(8-6-10)12-4-2-3-11(9-13)14-12/h2-4,10H,5-9H2,1H3. The molecule has 0 aliphatic carbocycles. The van der Waals surface area contributed by atoms with Crippen LogP contribution in [-0.2, 0) is 5.88 Å². The molecule has 0 amide bonds. The first-order valence-corrected chi connectivity index (χ1v) is 6.10. The molecule has 0 radical (unpaired) electrons. The second-order valence-electron chi connectivity index (χ2n) is 4.29. The molecule has 0 N–H and O–H groups in total. The van der Waals surface area contributed by atoms with E-state index in [-0.39, 0.29) is 0 Å². The molecular weight excluding hydrogens is 208 g/mol. The minimum absolute atomic E-state index is 0.498. The summed E-state index contributed by atoms with van der Waals surface area (Å²) in [5, 5.41) is 0. The molecule has 0 saturated carbocycles. The van der Waals surface area contributed by atoms with Crippen molar-refractivity contribution in [3.05, 3.63) is 23.9 Å². The molecule has 0 atom stereocenters. The van der Waals surface area contributed by atoms with Gasteiger partial charge in [-0.05, 0) is 30.9 Å². The number of alkyl halides is 1. The lowest BCUT2D eigenvalue weighted by Gasteiger charge is -2.31. The third-order valence-electron chi connectivity index (χ3n) is 3.04. The normalized spacial score (nSPS) is 18.1. The van der Waals surface area contributed by atoms with E-state index in [4.69, 9.17) is 11.6 Å². The van der Waals surface area contributed by atoms with Crippen LogP contribution in [0, 0.1) is 5.92 Å². The Hall–Kier alpha value is -0.760. The fraction of sp³-hybridized carbons (Fsp3) is 0.583. The average Bonchev–Trinajstić information content (AvgIpc) is 2.30. The van der Waals surface area contributed by atoms with Crippen molar-refractivity contribution < 1.29 is 0 Å². The lowest BCUT2D eigenvalue weighted by molar-refractivity contribution is 0.436. The van der Waals surface area contributed by atoms with Gasteiger partial charge in [0.25, 0.3) is 0 Å². The molecule has 1 aliphatic heterocycles. The second-order valence-corrected chi connectivity index (χ2v) is 4.56. The van der Waals surface area contributed by atoms with Crippen LogP contribution in [0.2, 0.25) is 0 Å². The Balaban J connectivity index is 2.08. The zero-order valence-corrected chi connectivity index (χ0v) is 9.87. The van der Waals surface area contributed by atoms with Crippen molar-refractivity contribution in [2.75, 3.05) is 18.0 Å². The van der Waals surface area contributed by atoms with E-state index in [1.54, 1.807) is 0 Å². The Morgan fingerprint density at radius 1 is 1.40 bits per heavy atom. The van der Waals surface area contributed by atoms with Crippen LogP contribution in [0.1, 0.15) is 25.5 Å². The van der Waals surface area contributed by atoms with Gasteiger partial charge in [-0.3, -0.25) is 0 Å². The first-order chi connectivity index (χ1) is 7.29. The van der Waals surface area contributed by atoms with Gasteiger partial charge >= 0.3 is 0 Å². The van der Waals surface area contributed by atoms with E-state index < -0.39 is 0 Å².